The number of rotatable bonds is 8. The molecular weight excluding hydrogens is 496 g/mol. The van der Waals surface area contributed by atoms with Crippen LogP contribution in [-0.2, 0) is 19.6 Å². The molecule has 2 amide bonds. The van der Waals surface area contributed by atoms with Crippen molar-refractivity contribution < 1.29 is 18.0 Å². The van der Waals surface area contributed by atoms with E-state index in [2.05, 4.69) is 9.62 Å². The van der Waals surface area contributed by atoms with Crippen LogP contribution in [0.5, 0.6) is 0 Å². The molecule has 4 heterocycles. The minimum atomic E-state index is -3.85. The second-order valence-electron chi connectivity index (χ2n) is 9.99. The standard InChI is InChI=1S/C26H34N4O4S2/c31-24(30-15-6-10-22(30)17-28-12-4-5-13-28)18-29-14-7-11-23(26(29)32)27-36(33,34)25-16-21(19-35-25)20-8-2-1-3-9-20/h1-3,8-9,16,19,22-23,27H,4-7,10-15,17-18H2/t22-,23-/m0/s1. The van der Waals surface area contributed by atoms with E-state index in [9.17, 15) is 18.0 Å². The summed E-state index contributed by atoms with van der Waals surface area (Å²) < 4.78 is 29.0. The highest BCUT2D eigenvalue weighted by Crippen LogP contribution is 2.29. The lowest BCUT2D eigenvalue weighted by molar-refractivity contribution is -0.143. The highest BCUT2D eigenvalue weighted by atomic mass is 32.2. The molecule has 3 saturated heterocycles. The first-order valence-electron chi connectivity index (χ1n) is 12.9. The quantitative estimate of drug-likeness (QED) is 0.567. The summed E-state index contributed by atoms with van der Waals surface area (Å²) in [6.45, 7) is 4.34. The van der Waals surface area contributed by atoms with Crippen LogP contribution in [-0.4, -0.2) is 86.3 Å². The Morgan fingerprint density at radius 1 is 0.972 bits per heavy atom. The van der Waals surface area contributed by atoms with Gasteiger partial charge in [-0.3, -0.25) is 9.59 Å². The van der Waals surface area contributed by atoms with Gasteiger partial charge in [-0.25, -0.2) is 8.42 Å². The highest BCUT2D eigenvalue weighted by molar-refractivity contribution is 7.91. The Morgan fingerprint density at radius 3 is 2.50 bits per heavy atom. The van der Waals surface area contributed by atoms with Crippen molar-refractivity contribution in [2.45, 2.75) is 54.8 Å². The largest absolute Gasteiger partial charge is 0.337 e. The van der Waals surface area contributed by atoms with Crippen LogP contribution in [0.4, 0.5) is 0 Å². The molecular formula is C26H34N4O4S2. The van der Waals surface area contributed by atoms with E-state index in [1.165, 1.54) is 17.7 Å². The van der Waals surface area contributed by atoms with Crippen LogP contribution in [0.1, 0.15) is 38.5 Å². The first-order chi connectivity index (χ1) is 17.4. The van der Waals surface area contributed by atoms with Crippen molar-refractivity contribution in [1.29, 1.82) is 0 Å². The van der Waals surface area contributed by atoms with E-state index >= 15 is 0 Å². The van der Waals surface area contributed by atoms with E-state index in [-0.39, 0.29) is 28.6 Å². The van der Waals surface area contributed by atoms with Crippen LogP contribution in [0.3, 0.4) is 0 Å². The van der Waals surface area contributed by atoms with Gasteiger partial charge in [0.1, 0.15) is 10.3 Å². The molecule has 3 aliphatic heterocycles. The predicted molar refractivity (Wildman–Crippen MR) is 140 cm³/mol. The number of carbonyl (C=O) groups excluding carboxylic acids is 2. The zero-order valence-electron chi connectivity index (χ0n) is 20.5. The number of hydrogen-bond acceptors (Lipinski definition) is 6. The second kappa shape index (κ2) is 11.0. The maximum atomic E-state index is 13.2. The molecule has 5 rings (SSSR count). The van der Waals surface area contributed by atoms with Crippen molar-refractivity contribution in [2.75, 3.05) is 39.3 Å². The van der Waals surface area contributed by atoms with Crippen molar-refractivity contribution in [1.82, 2.24) is 19.4 Å². The van der Waals surface area contributed by atoms with Crippen LogP contribution in [0.25, 0.3) is 11.1 Å². The Kier molecular flexibility index (Phi) is 7.76. The number of amides is 2. The molecule has 8 nitrogen and oxygen atoms in total. The summed E-state index contributed by atoms with van der Waals surface area (Å²) in [5.74, 6) is -0.340. The first kappa shape index (κ1) is 25.4. The van der Waals surface area contributed by atoms with Gasteiger partial charge >= 0.3 is 0 Å². The van der Waals surface area contributed by atoms with Gasteiger partial charge in [-0.05, 0) is 74.2 Å². The van der Waals surface area contributed by atoms with Gasteiger partial charge in [-0.1, -0.05) is 30.3 Å². The highest BCUT2D eigenvalue weighted by Gasteiger charge is 2.36. The van der Waals surface area contributed by atoms with Crippen molar-refractivity contribution in [3.8, 4) is 11.1 Å². The number of nitrogens with one attached hydrogen (secondary N) is 1. The zero-order chi connectivity index (χ0) is 25.1. The monoisotopic (exact) mass is 530 g/mol. The minimum Gasteiger partial charge on any atom is -0.337 e. The molecule has 36 heavy (non-hydrogen) atoms. The lowest BCUT2D eigenvalue weighted by Crippen LogP contribution is -2.55. The lowest BCUT2D eigenvalue weighted by atomic mass is 10.1. The molecule has 10 heteroatoms. The molecule has 0 bridgehead atoms. The Balaban J connectivity index is 1.20. The predicted octanol–water partition coefficient (Wildman–Crippen LogP) is 2.77. The molecule has 2 aromatic rings. The first-order valence-corrected chi connectivity index (χ1v) is 15.2. The summed E-state index contributed by atoms with van der Waals surface area (Å²) in [4.78, 5) is 32.3. The van der Waals surface area contributed by atoms with Crippen LogP contribution in [0.15, 0.2) is 46.0 Å². The summed E-state index contributed by atoms with van der Waals surface area (Å²) in [5.41, 5.74) is 1.77. The van der Waals surface area contributed by atoms with Gasteiger partial charge in [0.15, 0.2) is 0 Å². The molecule has 1 N–H and O–H groups in total. The van der Waals surface area contributed by atoms with Crippen LogP contribution < -0.4 is 4.72 Å². The maximum absolute atomic E-state index is 13.2. The lowest BCUT2D eigenvalue weighted by Gasteiger charge is -2.34. The Labute approximate surface area is 217 Å². The number of likely N-dealkylation sites (tertiary alicyclic amines) is 3. The molecule has 3 aliphatic rings. The fourth-order valence-corrected chi connectivity index (χ4v) is 7.99. The number of sulfonamides is 1. The molecule has 0 aliphatic carbocycles. The average molecular weight is 531 g/mol. The van der Waals surface area contributed by atoms with Gasteiger partial charge in [0.05, 0.1) is 6.54 Å². The number of benzene rings is 1. The van der Waals surface area contributed by atoms with Gasteiger partial charge in [0.2, 0.25) is 11.8 Å². The molecule has 0 radical (unpaired) electrons. The zero-order valence-corrected chi connectivity index (χ0v) is 22.1. The SMILES string of the molecule is O=C1[C@@H](NS(=O)(=O)c2cc(-c3ccccc3)cs2)CCCN1CC(=O)N1CCC[C@H]1CN1CCCC1. The van der Waals surface area contributed by atoms with Crippen molar-refractivity contribution in [3.63, 3.8) is 0 Å². The number of hydrogen-bond donors (Lipinski definition) is 1. The minimum absolute atomic E-state index is 0.0186. The van der Waals surface area contributed by atoms with Crippen molar-refractivity contribution >= 4 is 33.2 Å². The molecule has 2 atom stereocenters. The summed E-state index contributed by atoms with van der Waals surface area (Å²) in [6.07, 6.45) is 5.53. The topological polar surface area (TPSA) is 90.0 Å². The Morgan fingerprint density at radius 2 is 1.72 bits per heavy atom. The van der Waals surface area contributed by atoms with E-state index in [1.807, 2.05) is 40.6 Å². The maximum Gasteiger partial charge on any atom is 0.250 e. The van der Waals surface area contributed by atoms with Crippen molar-refractivity contribution in [2.24, 2.45) is 0 Å². The number of thiophene rings is 1. The van der Waals surface area contributed by atoms with Gasteiger partial charge in [0, 0.05) is 25.7 Å². The van der Waals surface area contributed by atoms with Gasteiger partial charge in [-0.15, -0.1) is 11.3 Å². The van der Waals surface area contributed by atoms with E-state index in [4.69, 9.17) is 0 Å². The third-order valence-electron chi connectivity index (χ3n) is 7.47. The summed E-state index contributed by atoms with van der Waals surface area (Å²) in [6, 6.07) is 10.6. The molecule has 0 saturated carbocycles. The van der Waals surface area contributed by atoms with E-state index in [1.54, 1.807) is 6.07 Å². The average Bonchev–Trinajstić information content (AvgIpc) is 3.65. The fourth-order valence-electron chi connectivity index (χ4n) is 5.56. The van der Waals surface area contributed by atoms with Crippen molar-refractivity contribution in [3.05, 3.63) is 41.8 Å². The number of carbonyl (C=O) groups is 2. The molecule has 3 fully saturated rings. The van der Waals surface area contributed by atoms with Crippen LogP contribution in [0, 0.1) is 0 Å². The molecule has 1 aromatic heterocycles. The summed E-state index contributed by atoms with van der Waals surface area (Å²) in [7, 11) is -3.85. The van der Waals surface area contributed by atoms with Gasteiger partial charge in [-0.2, -0.15) is 4.72 Å². The van der Waals surface area contributed by atoms with Gasteiger partial charge < -0.3 is 14.7 Å². The Hall–Kier alpha value is -2.27. The molecule has 0 spiro atoms. The normalized spacial score (nSPS) is 23.5. The summed E-state index contributed by atoms with van der Waals surface area (Å²) >= 11 is 1.14. The second-order valence-corrected chi connectivity index (χ2v) is 12.8. The van der Waals surface area contributed by atoms with E-state index in [0.717, 1.165) is 61.5 Å². The number of piperidine rings is 1. The molecule has 1 aromatic carbocycles. The number of nitrogens with zero attached hydrogens (tertiary/aromatic N) is 3. The smallest absolute Gasteiger partial charge is 0.250 e. The van der Waals surface area contributed by atoms with Crippen LogP contribution in [0.2, 0.25) is 0 Å². The van der Waals surface area contributed by atoms with E-state index in [0.29, 0.717) is 19.4 Å². The molecule has 194 valence electrons. The third kappa shape index (κ3) is 5.66. The van der Waals surface area contributed by atoms with E-state index < -0.39 is 16.1 Å². The molecule has 0 unspecified atom stereocenters. The van der Waals surface area contributed by atoms with Gasteiger partial charge in [0.25, 0.3) is 10.0 Å². The third-order valence-corrected chi connectivity index (χ3v) is 10.4. The Bertz CT molecular complexity index is 1180. The fraction of sp³-hybridized carbons (Fsp3) is 0.538. The van der Waals surface area contributed by atoms with Crippen LogP contribution >= 0.6 is 11.3 Å². The summed E-state index contributed by atoms with van der Waals surface area (Å²) in [5, 5.41) is 1.81.